The number of nitrogens with one attached hydrogen (secondary N) is 1. The minimum atomic E-state index is 0.511. The maximum atomic E-state index is 2.38. The van der Waals surface area contributed by atoms with Crippen molar-refractivity contribution in [3.8, 4) is 0 Å². The summed E-state index contributed by atoms with van der Waals surface area (Å²) >= 11 is 0. The Hall–Kier alpha value is -1.60. The van der Waals surface area contributed by atoms with Gasteiger partial charge >= 0.3 is 0 Å². The highest BCUT2D eigenvalue weighted by atomic mass is 15.2. The van der Waals surface area contributed by atoms with Gasteiger partial charge in [0, 0.05) is 5.56 Å². The Morgan fingerprint density at radius 1 is 0.810 bits per heavy atom. The van der Waals surface area contributed by atoms with Crippen LogP contribution in [-0.2, 0) is 0 Å². The second-order valence-electron chi connectivity index (χ2n) is 6.29. The first-order chi connectivity index (χ1) is 10.4. The van der Waals surface area contributed by atoms with E-state index >= 15 is 0 Å². The van der Waals surface area contributed by atoms with Gasteiger partial charge in [0.1, 0.15) is 11.7 Å². The summed E-state index contributed by atoms with van der Waals surface area (Å²) in [5, 5.41) is 0. The van der Waals surface area contributed by atoms with Gasteiger partial charge in [-0.15, -0.1) is 0 Å². The van der Waals surface area contributed by atoms with Gasteiger partial charge in [-0.2, -0.15) is 0 Å². The van der Waals surface area contributed by atoms with E-state index in [1.54, 1.807) is 4.90 Å². The lowest BCUT2D eigenvalue weighted by Gasteiger charge is -2.35. The van der Waals surface area contributed by atoms with Crippen LogP contribution in [0.2, 0.25) is 0 Å². The van der Waals surface area contributed by atoms with E-state index in [-0.39, 0.29) is 0 Å². The molecule has 1 aliphatic carbocycles. The second-order valence-corrected chi connectivity index (χ2v) is 6.29. The van der Waals surface area contributed by atoms with Crippen molar-refractivity contribution < 1.29 is 4.90 Å². The molecule has 0 spiro atoms. The Morgan fingerprint density at radius 2 is 1.38 bits per heavy atom. The largest absolute Gasteiger partial charge is 0.294 e. The minimum absolute atomic E-state index is 0.511. The molecule has 0 bridgehead atoms. The number of hydrogen-bond acceptors (Lipinski definition) is 0. The van der Waals surface area contributed by atoms with Crippen LogP contribution >= 0.6 is 0 Å². The lowest BCUT2D eigenvalue weighted by Crippen LogP contribution is -3.11. The van der Waals surface area contributed by atoms with E-state index in [0.717, 1.165) is 6.04 Å². The van der Waals surface area contributed by atoms with Gasteiger partial charge in [-0.25, -0.2) is 0 Å². The number of benzene rings is 2. The molecule has 0 aliphatic heterocycles. The zero-order valence-electron chi connectivity index (χ0n) is 13.0. The molecule has 0 radical (unpaired) electrons. The van der Waals surface area contributed by atoms with Crippen molar-refractivity contribution in [2.45, 2.75) is 51.1 Å². The van der Waals surface area contributed by atoms with Crippen LogP contribution in [0.5, 0.6) is 0 Å². The van der Waals surface area contributed by atoms with Gasteiger partial charge in [0.2, 0.25) is 0 Å². The summed E-state index contributed by atoms with van der Waals surface area (Å²) in [5.74, 6) is 0. The fourth-order valence-electron chi connectivity index (χ4n) is 3.80. The molecule has 0 heterocycles. The Balaban J connectivity index is 1.92. The highest BCUT2D eigenvalue weighted by molar-refractivity contribution is 5.29. The molecule has 1 N–H and O–H groups in total. The molecule has 2 aromatic rings. The Morgan fingerprint density at radius 3 is 2.00 bits per heavy atom. The van der Waals surface area contributed by atoms with Crippen LogP contribution in [0.25, 0.3) is 0 Å². The van der Waals surface area contributed by atoms with Crippen molar-refractivity contribution >= 4 is 5.69 Å². The third-order valence-electron chi connectivity index (χ3n) is 4.92. The molecule has 2 aromatic carbocycles. The molecule has 1 heteroatoms. The highest BCUT2D eigenvalue weighted by Crippen LogP contribution is 2.21. The number of hydrogen-bond donors (Lipinski definition) is 1. The first kappa shape index (κ1) is 14.3. The maximum absolute atomic E-state index is 2.38. The van der Waals surface area contributed by atoms with Crippen LogP contribution in [0.3, 0.4) is 0 Å². The SMILES string of the molecule is CC(c1ccccc1)[NH+](c1ccccc1)C1CCCCC1. The van der Waals surface area contributed by atoms with Gasteiger partial charge in [-0.1, -0.05) is 55.0 Å². The van der Waals surface area contributed by atoms with Crippen LogP contribution in [-0.4, -0.2) is 6.04 Å². The van der Waals surface area contributed by atoms with Gasteiger partial charge in [0.25, 0.3) is 0 Å². The Bertz CT molecular complexity index is 528. The molecule has 21 heavy (non-hydrogen) atoms. The molecule has 1 aliphatic rings. The van der Waals surface area contributed by atoms with Crippen molar-refractivity contribution in [1.29, 1.82) is 0 Å². The minimum Gasteiger partial charge on any atom is -0.294 e. The van der Waals surface area contributed by atoms with Crippen LogP contribution in [0, 0.1) is 0 Å². The predicted molar refractivity (Wildman–Crippen MR) is 88.8 cm³/mol. The first-order valence-electron chi connectivity index (χ1n) is 8.33. The normalized spacial score (nSPS) is 19.1. The molecule has 1 fully saturated rings. The zero-order chi connectivity index (χ0) is 14.5. The third kappa shape index (κ3) is 3.36. The summed E-state index contributed by atoms with van der Waals surface area (Å²) in [4.78, 5) is 1.65. The zero-order valence-corrected chi connectivity index (χ0v) is 13.0. The monoisotopic (exact) mass is 280 g/mol. The van der Waals surface area contributed by atoms with E-state index in [4.69, 9.17) is 0 Å². The lowest BCUT2D eigenvalue weighted by molar-refractivity contribution is -0.893. The molecule has 1 nitrogen and oxygen atoms in total. The summed E-state index contributed by atoms with van der Waals surface area (Å²) in [6.07, 6.45) is 6.92. The number of para-hydroxylation sites is 1. The number of rotatable bonds is 4. The molecule has 0 saturated heterocycles. The smallest absolute Gasteiger partial charge is 0.131 e. The van der Waals surface area contributed by atoms with Crippen LogP contribution in [0.15, 0.2) is 60.7 Å². The molecule has 1 saturated carbocycles. The highest BCUT2D eigenvalue weighted by Gasteiger charge is 2.31. The number of quaternary nitrogens is 1. The van der Waals surface area contributed by atoms with Gasteiger partial charge in [-0.05, 0) is 44.7 Å². The van der Waals surface area contributed by atoms with E-state index in [9.17, 15) is 0 Å². The third-order valence-corrected chi connectivity index (χ3v) is 4.92. The van der Waals surface area contributed by atoms with Crippen molar-refractivity contribution in [3.05, 3.63) is 66.2 Å². The molecule has 0 aromatic heterocycles. The standard InChI is InChI=1S/C20H25N/c1-17(18-11-5-2-6-12-18)21(19-13-7-3-8-14-19)20-15-9-4-10-16-20/h2-3,5-8,11-14,17,20H,4,9-10,15-16H2,1H3/p+1. The predicted octanol–water partition coefficient (Wildman–Crippen LogP) is 4.30. The summed E-state index contributed by atoms with van der Waals surface area (Å²) in [6.45, 7) is 2.38. The van der Waals surface area contributed by atoms with Gasteiger partial charge in [0.05, 0.1) is 6.04 Å². The quantitative estimate of drug-likeness (QED) is 0.852. The van der Waals surface area contributed by atoms with E-state index in [2.05, 4.69) is 67.6 Å². The molecule has 2 unspecified atom stereocenters. The molecular formula is C20H26N+. The van der Waals surface area contributed by atoms with Crippen molar-refractivity contribution in [2.75, 3.05) is 0 Å². The van der Waals surface area contributed by atoms with Gasteiger partial charge < -0.3 is 0 Å². The average Bonchev–Trinajstić information content (AvgIpc) is 2.58. The summed E-state index contributed by atoms with van der Waals surface area (Å²) in [7, 11) is 0. The lowest BCUT2D eigenvalue weighted by atomic mass is 9.91. The van der Waals surface area contributed by atoms with Crippen LogP contribution in [0.4, 0.5) is 5.69 Å². The van der Waals surface area contributed by atoms with E-state index in [1.807, 2.05) is 0 Å². The average molecular weight is 280 g/mol. The molecule has 2 atom stereocenters. The molecule has 0 amide bonds. The molecular weight excluding hydrogens is 254 g/mol. The summed E-state index contributed by atoms with van der Waals surface area (Å²) in [6, 6.07) is 23.3. The van der Waals surface area contributed by atoms with Crippen molar-refractivity contribution in [3.63, 3.8) is 0 Å². The van der Waals surface area contributed by atoms with E-state index < -0.39 is 0 Å². The fraction of sp³-hybridized carbons (Fsp3) is 0.400. The second kappa shape index (κ2) is 6.91. The van der Waals surface area contributed by atoms with Crippen molar-refractivity contribution in [2.24, 2.45) is 0 Å². The van der Waals surface area contributed by atoms with Gasteiger partial charge in [0.15, 0.2) is 0 Å². The summed E-state index contributed by atoms with van der Waals surface area (Å²) < 4.78 is 0. The Labute approximate surface area is 128 Å². The van der Waals surface area contributed by atoms with E-state index in [0.29, 0.717) is 6.04 Å². The maximum Gasteiger partial charge on any atom is 0.131 e. The molecule has 110 valence electrons. The van der Waals surface area contributed by atoms with Crippen molar-refractivity contribution in [1.82, 2.24) is 0 Å². The Kier molecular flexibility index (Phi) is 4.72. The fourth-order valence-corrected chi connectivity index (χ4v) is 3.80. The summed E-state index contributed by atoms with van der Waals surface area (Å²) in [5.41, 5.74) is 2.89. The molecule has 3 rings (SSSR count). The first-order valence-corrected chi connectivity index (χ1v) is 8.33. The van der Waals surface area contributed by atoms with Crippen LogP contribution < -0.4 is 4.90 Å². The van der Waals surface area contributed by atoms with E-state index in [1.165, 1.54) is 43.4 Å². The topological polar surface area (TPSA) is 4.44 Å². The van der Waals surface area contributed by atoms with Crippen LogP contribution in [0.1, 0.15) is 50.6 Å². The van der Waals surface area contributed by atoms with Gasteiger partial charge in [-0.3, -0.25) is 4.90 Å².